The number of carboxylic acids is 2. The van der Waals surface area contributed by atoms with Gasteiger partial charge in [0.1, 0.15) is 0 Å². The molecule has 0 rings (SSSR count). The van der Waals surface area contributed by atoms with Gasteiger partial charge in [0.25, 0.3) is 0 Å². The second-order valence-corrected chi connectivity index (χ2v) is 2.87. The quantitative estimate of drug-likeness (QED) is 0.242. The average molecular weight is 269 g/mol. The van der Waals surface area contributed by atoms with Gasteiger partial charge in [-0.1, -0.05) is 5.64 Å². The van der Waals surface area contributed by atoms with Crippen molar-refractivity contribution in [3.05, 3.63) is 0 Å². The molecule has 0 aromatic heterocycles. The van der Waals surface area contributed by atoms with Gasteiger partial charge < -0.3 is 20.4 Å². The summed E-state index contributed by atoms with van der Waals surface area (Å²) in [5, 5.41) is 32.4. The molecule has 0 saturated carbocycles. The largest absolute Gasteiger partial charge is 0.481 e. The van der Waals surface area contributed by atoms with Crippen LogP contribution in [0.5, 0.6) is 0 Å². The van der Waals surface area contributed by atoms with Gasteiger partial charge in [-0.05, 0) is 6.42 Å². The lowest BCUT2D eigenvalue weighted by Crippen LogP contribution is -2.19. The second-order valence-electron chi connectivity index (χ2n) is 2.87. The van der Waals surface area contributed by atoms with Crippen molar-refractivity contribution >= 4 is 11.9 Å². The molecule has 18 heavy (non-hydrogen) atoms. The van der Waals surface area contributed by atoms with Gasteiger partial charge >= 0.3 is 11.9 Å². The van der Waals surface area contributed by atoms with Gasteiger partial charge in [0, 0.05) is 12.8 Å². The first kappa shape index (κ1) is 19.1. The summed E-state index contributed by atoms with van der Waals surface area (Å²) in [5.74, 6) is -1.90. The Morgan fingerprint density at radius 1 is 0.889 bits per heavy atom. The van der Waals surface area contributed by atoms with E-state index in [-0.39, 0.29) is 45.7 Å². The normalized spacial score (nSPS) is 9.44. The molecular formula is C9H19NO8. The van der Waals surface area contributed by atoms with E-state index in [0.717, 1.165) is 0 Å². The number of hydrogen-bond acceptors (Lipinski definition) is 7. The SMILES string of the molecule is O=C(O)CCCC(=O)O.OCCONOCCO. The van der Waals surface area contributed by atoms with Crippen molar-refractivity contribution in [3.63, 3.8) is 0 Å². The van der Waals surface area contributed by atoms with Crippen LogP contribution < -0.4 is 5.64 Å². The summed E-state index contributed by atoms with van der Waals surface area (Å²) in [6, 6.07) is 0. The molecule has 9 heteroatoms. The Labute approximate surface area is 104 Å². The predicted molar refractivity (Wildman–Crippen MR) is 58.3 cm³/mol. The number of aliphatic hydroxyl groups excluding tert-OH is 2. The number of carbonyl (C=O) groups is 2. The minimum atomic E-state index is -0.948. The Hall–Kier alpha value is -1.26. The van der Waals surface area contributed by atoms with Gasteiger partial charge in [-0.3, -0.25) is 19.3 Å². The Kier molecular flexibility index (Phi) is 16.7. The molecule has 0 bridgehead atoms. The first-order valence-corrected chi connectivity index (χ1v) is 5.18. The highest BCUT2D eigenvalue weighted by Gasteiger charge is 1.99. The standard InChI is InChI=1S/C5H8O4.C4H11NO4/c6-4(7)2-1-3-5(8)9;6-1-3-8-5-9-4-2-7/h1-3H2,(H,6,7)(H,8,9);5-7H,1-4H2. The zero-order valence-electron chi connectivity index (χ0n) is 9.87. The van der Waals surface area contributed by atoms with E-state index in [4.69, 9.17) is 20.4 Å². The fraction of sp³-hybridized carbons (Fsp3) is 0.778. The van der Waals surface area contributed by atoms with Crippen molar-refractivity contribution in [2.45, 2.75) is 19.3 Å². The maximum Gasteiger partial charge on any atom is 0.303 e. The van der Waals surface area contributed by atoms with E-state index < -0.39 is 11.9 Å². The summed E-state index contributed by atoms with van der Waals surface area (Å²) in [6.45, 7) is 0.224. The van der Waals surface area contributed by atoms with Crippen molar-refractivity contribution in [2.24, 2.45) is 0 Å². The van der Waals surface area contributed by atoms with E-state index in [1.807, 2.05) is 0 Å². The molecule has 0 aromatic carbocycles. The van der Waals surface area contributed by atoms with E-state index in [2.05, 4.69) is 15.3 Å². The fourth-order valence-corrected chi connectivity index (χ4v) is 0.607. The molecule has 0 aliphatic carbocycles. The molecule has 0 aromatic rings. The average Bonchev–Trinajstić information content (AvgIpc) is 2.29. The molecule has 5 N–H and O–H groups in total. The first-order valence-electron chi connectivity index (χ1n) is 5.18. The molecule has 0 heterocycles. The topological polar surface area (TPSA) is 146 Å². The van der Waals surface area contributed by atoms with E-state index >= 15 is 0 Å². The summed E-state index contributed by atoms with van der Waals surface area (Å²) in [4.78, 5) is 28.5. The van der Waals surface area contributed by atoms with Crippen LogP contribution in [0.3, 0.4) is 0 Å². The lowest BCUT2D eigenvalue weighted by Gasteiger charge is -2.01. The first-order chi connectivity index (χ1) is 8.54. The van der Waals surface area contributed by atoms with Crippen LogP contribution in [-0.2, 0) is 19.3 Å². The molecule has 0 saturated heterocycles. The van der Waals surface area contributed by atoms with E-state index in [9.17, 15) is 9.59 Å². The monoisotopic (exact) mass is 269 g/mol. The van der Waals surface area contributed by atoms with Crippen LogP contribution >= 0.6 is 0 Å². The molecule has 0 atom stereocenters. The van der Waals surface area contributed by atoms with Gasteiger partial charge in [0.05, 0.1) is 26.4 Å². The van der Waals surface area contributed by atoms with Crippen molar-refractivity contribution in [1.82, 2.24) is 5.64 Å². The van der Waals surface area contributed by atoms with E-state index in [1.165, 1.54) is 0 Å². The lowest BCUT2D eigenvalue weighted by molar-refractivity contribution is -0.178. The van der Waals surface area contributed by atoms with Crippen LogP contribution in [-0.4, -0.2) is 58.8 Å². The molecule has 0 unspecified atom stereocenters. The highest BCUT2D eigenvalue weighted by atomic mass is 16.9. The number of carboxylic acid groups (broad SMARTS) is 2. The zero-order valence-corrected chi connectivity index (χ0v) is 9.87. The number of rotatable bonds is 10. The van der Waals surface area contributed by atoms with Gasteiger partial charge in [-0.25, -0.2) is 0 Å². The molecule has 0 aliphatic rings. The summed E-state index contributed by atoms with van der Waals surface area (Å²) in [5.41, 5.74) is 2.07. The van der Waals surface area contributed by atoms with E-state index in [0.29, 0.717) is 0 Å². The molecule has 0 spiro atoms. The summed E-state index contributed by atoms with van der Waals surface area (Å²) in [6.07, 6.45) is 0.0866. The van der Waals surface area contributed by atoms with Crippen molar-refractivity contribution < 1.29 is 39.7 Å². The Morgan fingerprint density at radius 3 is 1.56 bits per heavy atom. The molecular weight excluding hydrogens is 250 g/mol. The summed E-state index contributed by atoms with van der Waals surface area (Å²) < 4.78 is 0. The van der Waals surface area contributed by atoms with Gasteiger partial charge in [0.2, 0.25) is 0 Å². The summed E-state index contributed by atoms with van der Waals surface area (Å²) >= 11 is 0. The minimum absolute atomic E-state index is 0.0600. The van der Waals surface area contributed by atoms with Crippen LogP contribution in [0.2, 0.25) is 0 Å². The summed E-state index contributed by atoms with van der Waals surface area (Å²) in [7, 11) is 0. The highest BCUT2D eigenvalue weighted by molar-refractivity contribution is 5.69. The van der Waals surface area contributed by atoms with Crippen LogP contribution in [0.1, 0.15) is 19.3 Å². The maximum atomic E-state index is 9.79. The third-order valence-corrected chi connectivity index (χ3v) is 1.29. The number of aliphatic hydroxyl groups is 2. The Bertz CT molecular complexity index is 191. The third-order valence-electron chi connectivity index (χ3n) is 1.29. The molecule has 108 valence electrons. The smallest absolute Gasteiger partial charge is 0.303 e. The van der Waals surface area contributed by atoms with Gasteiger partial charge in [0.15, 0.2) is 0 Å². The minimum Gasteiger partial charge on any atom is -0.481 e. The zero-order chi connectivity index (χ0) is 14.2. The van der Waals surface area contributed by atoms with Crippen LogP contribution in [0, 0.1) is 0 Å². The third kappa shape index (κ3) is 24.1. The lowest BCUT2D eigenvalue weighted by atomic mass is 10.2. The molecule has 0 fully saturated rings. The van der Waals surface area contributed by atoms with Crippen molar-refractivity contribution in [2.75, 3.05) is 26.4 Å². The molecule has 0 amide bonds. The van der Waals surface area contributed by atoms with Crippen LogP contribution in [0.4, 0.5) is 0 Å². The number of aliphatic carboxylic acids is 2. The second kappa shape index (κ2) is 15.7. The van der Waals surface area contributed by atoms with Crippen molar-refractivity contribution in [3.8, 4) is 0 Å². The van der Waals surface area contributed by atoms with Gasteiger partial charge in [-0.15, -0.1) is 0 Å². The van der Waals surface area contributed by atoms with Crippen LogP contribution in [0.15, 0.2) is 0 Å². The Balaban J connectivity index is 0. The Morgan fingerprint density at radius 2 is 1.28 bits per heavy atom. The number of nitrogens with one attached hydrogen (secondary N) is 1. The van der Waals surface area contributed by atoms with Crippen LogP contribution in [0.25, 0.3) is 0 Å². The highest BCUT2D eigenvalue weighted by Crippen LogP contribution is 1.93. The molecule has 0 aliphatic heterocycles. The molecule has 9 nitrogen and oxygen atoms in total. The van der Waals surface area contributed by atoms with Gasteiger partial charge in [-0.2, -0.15) is 0 Å². The number of hydrogen-bond donors (Lipinski definition) is 5. The van der Waals surface area contributed by atoms with E-state index in [1.54, 1.807) is 0 Å². The van der Waals surface area contributed by atoms with Crippen molar-refractivity contribution in [1.29, 1.82) is 0 Å². The maximum absolute atomic E-state index is 9.79. The predicted octanol–water partition coefficient (Wildman–Crippen LogP) is -1.25. The molecule has 0 radical (unpaired) electrons. The fourth-order valence-electron chi connectivity index (χ4n) is 0.607.